The number of hydrogen-bond acceptors (Lipinski definition) is 6. The summed E-state index contributed by atoms with van der Waals surface area (Å²) in [5.41, 5.74) is 4.61. The van der Waals surface area contributed by atoms with E-state index in [1.54, 1.807) is 13.1 Å². The van der Waals surface area contributed by atoms with Crippen LogP contribution in [0.15, 0.2) is 35.4 Å². The van der Waals surface area contributed by atoms with Crippen molar-refractivity contribution in [2.45, 2.75) is 56.4 Å². The normalized spacial score (nSPS) is 25.9. The van der Waals surface area contributed by atoms with Gasteiger partial charge < -0.3 is 5.73 Å². The van der Waals surface area contributed by atoms with Gasteiger partial charge >= 0.3 is 0 Å². The molecule has 0 bridgehead atoms. The average molecular weight is 544 g/mol. The van der Waals surface area contributed by atoms with Crippen molar-refractivity contribution >= 4 is 21.8 Å². The summed E-state index contributed by atoms with van der Waals surface area (Å²) in [7, 11) is 0.723. The molecule has 0 atom stereocenters. The summed E-state index contributed by atoms with van der Waals surface area (Å²) >= 11 is 0. The summed E-state index contributed by atoms with van der Waals surface area (Å²) < 4.78 is 53.6. The van der Waals surface area contributed by atoms with Crippen molar-refractivity contribution < 1.29 is 17.4 Å². The topological polar surface area (TPSA) is 115 Å². The van der Waals surface area contributed by atoms with Crippen molar-refractivity contribution in [3.8, 4) is 6.07 Å². The van der Waals surface area contributed by atoms with E-state index in [2.05, 4.69) is 16.0 Å². The summed E-state index contributed by atoms with van der Waals surface area (Å²) in [6.07, 6.45) is 2.27. The molecule has 3 aliphatic rings. The van der Waals surface area contributed by atoms with Gasteiger partial charge in [-0.15, -0.1) is 0 Å². The van der Waals surface area contributed by atoms with Crippen LogP contribution < -0.4 is 11.3 Å². The summed E-state index contributed by atoms with van der Waals surface area (Å²) in [4.78, 5) is 21.7. The molecule has 0 radical (unpaired) electrons. The molecule has 0 amide bonds. The lowest BCUT2D eigenvalue weighted by Crippen LogP contribution is -2.61. The molecule has 1 spiro atoms. The minimum absolute atomic E-state index is 0.134. The molecule has 0 unspecified atom stereocenters. The predicted molar refractivity (Wildman–Crippen MR) is 138 cm³/mol. The van der Waals surface area contributed by atoms with E-state index < -0.39 is 34.0 Å². The predicted octanol–water partition coefficient (Wildman–Crippen LogP) is 3.60. The fourth-order valence-corrected chi connectivity index (χ4v) is 7.26. The molecule has 2 aliphatic carbocycles. The van der Waals surface area contributed by atoms with Gasteiger partial charge in [0.2, 0.25) is 0 Å². The zero-order valence-corrected chi connectivity index (χ0v) is 21.7. The monoisotopic (exact) mass is 543 g/mol. The number of halogens is 3. The lowest BCUT2D eigenvalue weighted by molar-refractivity contribution is 0.0928. The van der Waals surface area contributed by atoms with E-state index in [4.69, 9.17) is 5.73 Å². The number of nitriles is 1. The molecule has 2 N–H and O–H groups in total. The second-order valence-electron chi connectivity index (χ2n) is 10.7. The maximum atomic E-state index is 14.5. The third-order valence-electron chi connectivity index (χ3n) is 7.70. The van der Waals surface area contributed by atoms with E-state index in [1.165, 1.54) is 35.9 Å². The highest BCUT2D eigenvalue weighted by Crippen LogP contribution is 2.59. The number of pyridine rings is 1. The first-order chi connectivity index (χ1) is 18.1. The van der Waals surface area contributed by atoms with Crippen molar-refractivity contribution in [2.75, 3.05) is 11.5 Å². The zero-order chi connectivity index (χ0) is 27.2. The molecular formula is C27H28F3N5O2S. The Kier molecular flexibility index (Phi) is 6.90. The van der Waals surface area contributed by atoms with Crippen molar-refractivity contribution in [3.63, 3.8) is 0 Å². The smallest absolute Gasteiger partial charge is 0.266 e. The Labute approximate surface area is 220 Å². The summed E-state index contributed by atoms with van der Waals surface area (Å²) in [5, 5.41) is 10.6. The standard InChI is InChI=1S/C24H21F3N4O2S.C3H7N/c1-31-21-16(7-17(22(31)32)24(10-28)8-23(9-24)11-34(33)12-23)18(29-13-30-21)6-5-14-3-2-4-15(19(14)25)20(26)27;4-3-1-2-3/h2-4,7,13,20H,5-6,8-9,11-12H2,1H3;3H,1-2,4H2. The molecule has 1 aromatic carbocycles. The van der Waals surface area contributed by atoms with E-state index in [1.807, 2.05) is 0 Å². The lowest BCUT2D eigenvalue weighted by Gasteiger charge is -2.57. The number of alkyl halides is 2. The molecular weight excluding hydrogens is 515 g/mol. The Balaban J connectivity index is 0.000000673. The molecule has 3 fully saturated rings. The maximum Gasteiger partial charge on any atom is 0.266 e. The van der Waals surface area contributed by atoms with Crippen LogP contribution in [0.25, 0.3) is 11.0 Å². The van der Waals surface area contributed by atoms with Gasteiger partial charge in [-0.2, -0.15) is 5.26 Å². The van der Waals surface area contributed by atoms with Gasteiger partial charge in [-0.3, -0.25) is 13.6 Å². The van der Waals surface area contributed by atoms with Crippen LogP contribution in [-0.4, -0.2) is 36.3 Å². The highest BCUT2D eigenvalue weighted by Gasteiger charge is 2.62. The fraction of sp³-hybridized carbons (Fsp3) is 0.481. The molecule has 2 aromatic heterocycles. The lowest BCUT2D eigenvalue weighted by atomic mass is 9.52. The Hall–Kier alpha value is -3.10. The number of nitrogens with two attached hydrogens (primary N) is 1. The van der Waals surface area contributed by atoms with Crippen molar-refractivity contribution in [2.24, 2.45) is 18.2 Å². The largest absolute Gasteiger partial charge is 0.328 e. The third-order valence-corrected chi connectivity index (χ3v) is 9.57. The highest BCUT2D eigenvalue weighted by atomic mass is 32.2. The van der Waals surface area contributed by atoms with Gasteiger partial charge in [0.25, 0.3) is 12.0 Å². The van der Waals surface area contributed by atoms with Gasteiger partial charge in [0.1, 0.15) is 17.8 Å². The summed E-state index contributed by atoms with van der Waals surface area (Å²) in [6.45, 7) is 0. The minimum atomic E-state index is -2.90. The highest BCUT2D eigenvalue weighted by molar-refractivity contribution is 7.86. The van der Waals surface area contributed by atoms with E-state index in [0.29, 0.717) is 52.7 Å². The number of rotatable bonds is 5. The molecule has 2 saturated carbocycles. The average Bonchev–Trinajstić information content (AvgIpc) is 3.64. The Morgan fingerprint density at radius 1 is 1.24 bits per heavy atom. The summed E-state index contributed by atoms with van der Waals surface area (Å²) in [6, 6.07) is 8.50. The van der Waals surface area contributed by atoms with Crippen LogP contribution in [-0.2, 0) is 36.1 Å². The number of hydrogen-bond donors (Lipinski definition) is 1. The second-order valence-corrected chi connectivity index (χ2v) is 12.2. The Morgan fingerprint density at radius 2 is 1.92 bits per heavy atom. The molecule has 7 nitrogen and oxygen atoms in total. The van der Waals surface area contributed by atoms with E-state index in [9.17, 15) is 27.4 Å². The van der Waals surface area contributed by atoms with Gasteiger partial charge in [-0.05, 0) is 55.6 Å². The number of aryl methyl sites for hydroxylation is 3. The molecule has 38 heavy (non-hydrogen) atoms. The molecule has 3 heterocycles. The van der Waals surface area contributed by atoms with Crippen LogP contribution in [0, 0.1) is 22.6 Å². The Bertz CT molecular complexity index is 1510. The van der Waals surface area contributed by atoms with Crippen LogP contribution >= 0.6 is 0 Å². The molecule has 1 aliphatic heterocycles. The SMILES string of the molecule is Cn1c(=O)c(C2(C#N)CC3(CS(=O)C3)C2)cc2c(CCc3cccc(C(F)F)c3F)ncnc21.NC1CC1. The first-order valence-corrected chi connectivity index (χ1v) is 14.0. The Morgan fingerprint density at radius 3 is 2.50 bits per heavy atom. The van der Waals surface area contributed by atoms with Crippen molar-refractivity contribution in [1.82, 2.24) is 14.5 Å². The van der Waals surface area contributed by atoms with E-state index in [-0.39, 0.29) is 29.4 Å². The molecule has 11 heteroatoms. The van der Waals surface area contributed by atoms with Crippen LogP contribution in [0.5, 0.6) is 0 Å². The van der Waals surface area contributed by atoms with Crippen LogP contribution in [0.2, 0.25) is 0 Å². The number of nitrogens with zero attached hydrogens (tertiary/aromatic N) is 4. The molecule has 6 rings (SSSR count). The maximum absolute atomic E-state index is 14.5. The van der Waals surface area contributed by atoms with Crippen LogP contribution in [0.4, 0.5) is 13.2 Å². The fourth-order valence-electron chi connectivity index (χ4n) is 5.58. The van der Waals surface area contributed by atoms with Crippen molar-refractivity contribution in [3.05, 3.63) is 69.1 Å². The summed E-state index contributed by atoms with van der Waals surface area (Å²) in [5.74, 6) is 0.189. The zero-order valence-electron chi connectivity index (χ0n) is 20.9. The number of fused-ring (bicyclic) bond motifs is 1. The molecule has 1 saturated heterocycles. The van der Waals surface area contributed by atoms with E-state index in [0.717, 1.165) is 6.07 Å². The van der Waals surface area contributed by atoms with Gasteiger partial charge in [-0.1, -0.05) is 18.2 Å². The first kappa shape index (κ1) is 26.5. The second kappa shape index (κ2) is 9.89. The number of aromatic nitrogens is 3. The van der Waals surface area contributed by atoms with Crippen molar-refractivity contribution in [1.29, 1.82) is 5.26 Å². The van der Waals surface area contributed by atoms with Crippen LogP contribution in [0.3, 0.4) is 0 Å². The first-order valence-electron chi connectivity index (χ1n) is 12.5. The molecule has 3 aromatic rings. The third kappa shape index (κ3) is 4.76. The van der Waals surface area contributed by atoms with Crippen LogP contribution in [0.1, 0.15) is 54.5 Å². The molecule has 200 valence electrons. The van der Waals surface area contributed by atoms with Gasteiger partial charge in [0.05, 0.1) is 22.7 Å². The van der Waals surface area contributed by atoms with Gasteiger partial charge in [-0.25, -0.2) is 23.1 Å². The van der Waals surface area contributed by atoms with Gasteiger partial charge in [0.15, 0.2) is 0 Å². The number of benzene rings is 1. The quantitative estimate of drug-likeness (QED) is 0.526. The minimum Gasteiger partial charge on any atom is -0.328 e. The van der Waals surface area contributed by atoms with Gasteiger partial charge in [0, 0.05) is 46.3 Å². The van der Waals surface area contributed by atoms with E-state index >= 15 is 0 Å².